The predicted molar refractivity (Wildman–Crippen MR) is 148 cm³/mol. The molecule has 0 radical (unpaired) electrons. The molecule has 4 nitrogen and oxygen atoms in total. The van der Waals surface area contributed by atoms with E-state index in [-0.39, 0.29) is 11.8 Å². The molecule has 2 aromatic carbocycles. The Morgan fingerprint density at radius 3 is 1.14 bits per heavy atom. The number of rotatable bonds is 4. The van der Waals surface area contributed by atoms with E-state index in [1.165, 1.54) is 19.5 Å². The fraction of sp³-hybridized carbons (Fsp3) is 0.133. The lowest BCUT2D eigenvalue weighted by Crippen LogP contribution is -2.25. The first-order valence-electron chi connectivity index (χ1n) is 11.7. The fourth-order valence-electron chi connectivity index (χ4n) is 4.97. The van der Waals surface area contributed by atoms with E-state index in [2.05, 4.69) is 62.4 Å². The molecule has 2 aliphatic heterocycles. The quantitative estimate of drug-likeness (QED) is 0.303. The van der Waals surface area contributed by atoms with Crippen LogP contribution in [0.1, 0.15) is 20.9 Å². The van der Waals surface area contributed by atoms with Crippen LogP contribution in [-0.2, 0) is 9.59 Å². The van der Waals surface area contributed by atoms with E-state index in [9.17, 15) is 9.59 Å². The molecular formula is C30H24N2O2S2. The van der Waals surface area contributed by atoms with Crippen LogP contribution in [0.25, 0.3) is 32.3 Å². The van der Waals surface area contributed by atoms with Crippen LogP contribution < -0.4 is 0 Å². The third-order valence-electron chi connectivity index (χ3n) is 6.80. The minimum atomic E-state index is -0.149. The van der Waals surface area contributed by atoms with E-state index in [1.807, 2.05) is 24.3 Å². The van der Waals surface area contributed by atoms with Crippen molar-refractivity contribution in [2.24, 2.45) is 0 Å². The maximum absolute atomic E-state index is 13.5. The minimum Gasteiger partial charge on any atom is -0.310 e. The number of benzene rings is 2. The summed E-state index contributed by atoms with van der Waals surface area (Å²) in [6, 6.07) is 24.7. The maximum Gasteiger partial charge on any atom is 0.261 e. The molecule has 2 amide bonds. The average molecular weight is 509 g/mol. The minimum absolute atomic E-state index is 0.149. The smallest absolute Gasteiger partial charge is 0.261 e. The Hall–Kier alpha value is -3.74. The fourth-order valence-corrected chi connectivity index (χ4v) is 6.71. The Labute approximate surface area is 218 Å². The van der Waals surface area contributed by atoms with E-state index >= 15 is 0 Å². The third kappa shape index (κ3) is 3.48. The number of likely N-dealkylation sites (N-methyl/N-ethyl adjacent to an activating group) is 2. The normalized spacial score (nSPS) is 15.6. The first kappa shape index (κ1) is 22.7. The van der Waals surface area contributed by atoms with Crippen molar-refractivity contribution in [1.29, 1.82) is 0 Å². The average Bonchev–Trinajstić information content (AvgIpc) is 3.63. The maximum atomic E-state index is 13.5. The Bertz CT molecular complexity index is 1480. The van der Waals surface area contributed by atoms with E-state index < -0.39 is 0 Å². The molecule has 0 fully saturated rings. The lowest BCUT2D eigenvalue weighted by molar-refractivity contribution is -0.123. The lowest BCUT2D eigenvalue weighted by Gasteiger charge is -2.20. The molecule has 4 heterocycles. The molecule has 0 spiro atoms. The summed E-state index contributed by atoms with van der Waals surface area (Å²) in [6.45, 7) is 4.19. The summed E-state index contributed by atoms with van der Waals surface area (Å²) in [5, 5.41) is 0. The van der Waals surface area contributed by atoms with Gasteiger partial charge in [-0.2, -0.15) is 0 Å². The van der Waals surface area contributed by atoms with E-state index in [1.54, 1.807) is 46.6 Å². The van der Waals surface area contributed by atoms with Crippen LogP contribution in [0.15, 0.2) is 83.9 Å². The van der Waals surface area contributed by atoms with Crippen molar-refractivity contribution in [1.82, 2.24) is 9.80 Å². The van der Waals surface area contributed by atoms with Crippen molar-refractivity contribution < 1.29 is 9.59 Å². The van der Waals surface area contributed by atoms with Gasteiger partial charge in [-0.15, -0.1) is 22.7 Å². The van der Waals surface area contributed by atoms with Gasteiger partial charge in [0.05, 0.1) is 22.5 Å². The SMILES string of the molecule is Cc1ccc(-c2ccc(C3=C4C(=O)N(C)C(c5ccc(-c6ccc(C)s6)cc5)=C4C(=O)N3C)cc2)s1. The highest BCUT2D eigenvalue weighted by Crippen LogP contribution is 2.45. The van der Waals surface area contributed by atoms with Crippen LogP contribution in [0.3, 0.4) is 0 Å². The number of thiophene rings is 2. The van der Waals surface area contributed by atoms with Crippen LogP contribution in [0.4, 0.5) is 0 Å². The van der Waals surface area contributed by atoms with Crippen molar-refractivity contribution in [3.63, 3.8) is 0 Å². The Morgan fingerprint density at radius 1 is 0.500 bits per heavy atom. The van der Waals surface area contributed by atoms with Crippen LogP contribution in [0, 0.1) is 13.8 Å². The molecule has 0 atom stereocenters. The molecule has 0 saturated carbocycles. The molecule has 2 aliphatic rings. The van der Waals surface area contributed by atoms with Gasteiger partial charge in [0.1, 0.15) is 0 Å². The molecule has 0 saturated heterocycles. The number of amides is 2. The molecule has 0 aliphatic carbocycles. The predicted octanol–water partition coefficient (Wildman–Crippen LogP) is 6.83. The number of hydrogen-bond acceptors (Lipinski definition) is 4. The van der Waals surface area contributed by atoms with Gasteiger partial charge >= 0.3 is 0 Å². The number of carbonyl (C=O) groups is 2. The molecule has 2 aromatic heterocycles. The summed E-state index contributed by atoms with van der Waals surface area (Å²) < 4.78 is 0. The molecular weight excluding hydrogens is 484 g/mol. The monoisotopic (exact) mass is 508 g/mol. The molecule has 0 unspecified atom stereocenters. The van der Waals surface area contributed by atoms with Gasteiger partial charge in [0, 0.05) is 33.6 Å². The first-order chi connectivity index (χ1) is 17.3. The lowest BCUT2D eigenvalue weighted by atomic mass is 10.0. The molecule has 0 bridgehead atoms. The topological polar surface area (TPSA) is 40.6 Å². The van der Waals surface area contributed by atoms with E-state index in [4.69, 9.17) is 0 Å². The van der Waals surface area contributed by atoms with Crippen molar-refractivity contribution in [3.05, 3.63) is 105 Å². The Kier molecular flexibility index (Phi) is 5.32. The van der Waals surface area contributed by atoms with Gasteiger partial charge in [-0.1, -0.05) is 48.5 Å². The van der Waals surface area contributed by atoms with Crippen molar-refractivity contribution in [2.45, 2.75) is 13.8 Å². The van der Waals surface area contributed by atoms with Crippen LogP contribution >= 0.6 is 22.7 Å². The largest absolute Gasteiger partial charge is 0.310 e. The van der Waals surface area contributed by atoms with E-state index in [0.29, 0.717) is 22.5 Å². The molecule has 4 aromatic rings. The number of carbonyl (C=O) groups excluding carboxylic acids is 2. The van der Waals surface area contributed by atoms with Gasteiger partial charge < -0.3 is 9.80 Å². The van der Waals surface area contributed by atoms with Crippen molar-refractivity contribution in [3.8, 4) is 20.9 Å². The van der Waals surface area contributed by atoms with Crippen LogP contribution in [0.2, 0.25) is 0 Å². The molecule has 0 N–H and O–H groups in total. The second-order valence-electron chi connectivity index (χ2n) is 9.15. The first-order valence-corrected chi connectivity index (χ1v) is 13.4. The van der Waals surface area contributed by atoms with Gasteiger partial charge in [-0.25, -0.2) is 0 Å². The summed E-state index contributed by atoms with van der Waals surface area (Å²) in [5.41, 5.74) is 6.28. The summed E-state index contributed by atoms with van der Waals surface area (Å²) in [6.07, 6.45) is 0. The van der Waals surface area contributed by atoms with Crippen molar-refractivity contribution >= 4 is 45.9 Å². The second-order valence-corrected chi connectivity index (χ2v) is 11.7. The van der Waals surface area contributed by atoms with Gasteiger partial charge in [-0.3, -0.25) is 9.59 Å². The highest BCUT2D eigenvalue weighted by Gasteiger charge is 2.46. The Balaban J connectivity index is 1.43. The number of fused-ring (bicyclic) bond motifs is 1. The number of aryl methyl sites for hydroxylation is 2. The van der Waals surface area contributed by atoms with Crippen LogP contribution in [-0.4, -0.2) is 35.7 Å². The van der Waals surface area contributed by atoms with Gasteiger partial charge in [0.2, 0.25) is 0 Å². The molecule has 6 rings (SSSR count). The van der Waals surface area contributed by atoms with Crippen LogP contribution in [0.5, 0.6) is 0 Å². The van der Waals surface area contributed by atoms with Gasteiger partial charge in [0.15, 0.2) is 0 Å². The zero-order valence-corrected chi connectivity index (χ0v) is 22.1. The summed E-state index contributed by atoms with van der Waals surface area (Å²) in [4.78, 5) is 35.1. The number of nitrogens with zero attached hydrogens (tertiary/aromatic N) is 2. The highest BCUT2D eigenvalue weighted by molar-refractivity contribution is 7.15. The molecule has 178 valence electrons. The second kappa shape index (κ2) is 8.43. The van der Waals surface area contributed by atoms with Gasteiger partial charge in [0.25, 0.3) is 11.8 Å². The summed E-state index contributed by atoms with van der Waals surface area (Å²) in [7, 11) is 3.50. The zero-order valence-electron chi connectivity index (χ0n) is 20.5. The third-order valence-corrected chi connectivity index (χ3v) is 8.90. The molecule has 6 heteroatoms. The zero-order chi connectivity index (χ0) is 25.1. The van der Waals surface area contributed by atoms with Gasteiger partial charge in [-0.05, 0) is 60.4 Å². The van der Waals surface area contributed by atoms with Crippen molar-refractivity contribution in [2.75, 3.05) is 14.1 Å². The molecule has 36 heavy (non-hydrogen) atoms. The standard InChI is InChI=1S/C30H24N2O2S2/c1-17-5-15-23(35-17)19-7-11-21(12-8-19)27-25-26(30(34)31(27)3)28(32(4)29(25)33)22-13-9-20(10-14-22)24-16-6-18(2)36-24/h5-16H,1-4H3. The highest BCUT2D eigenvalue weighted by atomic mass is 32.1. The van der Waals surface area contributed by atoms with E-state index in [0.717, 1.165) is 22.3 Å². The summed E-state index contributed by atoms with van der Waals surface area (Å²) in [5.74, 6) is -0.299. The number of hydrogen-bond donors (Lipinski definition) is 0. The summed E-state index contributed by atoms with van der Waals surface area (Å²) >= 11 is 3.50. The Morgan fingerprint density at radius 2 is 0.833 bits per heavy atom.